The number of nitrogens with zero attached hydrogens (tertiary/aromatic N) is 9. The molecule has 0 radical (unpaired) electrons. The molecule has 1 saturated carbocycles. The van der Waals surface area contributed by atoms with Crippen LogP contribution in [0.3, 0.4) is 0 Å². The van der Waals surface area contributed by atoms with Crippen molar-refractivity contribution in [1.29, 1.82) is 0 Å². The monoisotopic (exact) mass is 1510 g/mol. The van der Waals surface area contributed by atoms with Gasteiger partial charge in [0.2, 0.25) is 70.9 Å². The van der Waals surface area contributed by atoms with Crippen LogP contribution in [0.25, 0.3) is 0 Å². The molecule has 24 nitrogen and oxygen atoms in total. The molecular weight excluding hydrogens is 1400 g/mol. The van der Waals surface area contributed by atoms with Gasteiger partial charge in [0.1, 0.15) is 59.9 Å². The second kappa shape index (κ2) is 37.5. The summed E-state index contributed by atoms with van der Waals surface area (Å²) in [5.74, 6) is -9.58. The van der Waals surface area contributed by atoms with Crippen LogP contribution >= 0.6 is 11.6 Å². The van der Waals surface area contributed by atoms with Gasteiger partial charge in [0, 0.05) is 81.8 Å². The quantitative estimate of drug-likeness (QED) is 0.146. The third-order valence-corrected chi connectivity index (χ3v) is 22.9. The minimum Gasteiger partial charge on any atom is -0.343 e. The van der Waals surface area contributed by atoms with Crippen LogP contribution in [0.1, 0.15) is 160 Å². The Bertz CT molecular complexity index is 3690. The van der Waals surface area contributed by atoms with E-state index < -0.39 is 172 Å². The molecule has 3 heterocycles. The largest absolute Gasteiger partial charge is 0.417 e. The summed E-state index contributed by atoms with van der Waals surface area (Å²) < 4.78 is 42.0. The molecule has 28 heteroatoms. The number of halogens is 4. The zero-order chi connectivity index (χ0) is 79.3. The first kappa shape index (κ1) is 85.6. The van der Waals surface area contributed by atoms with E-state index >= 15 is 38.4 Å². The van der Waals surface area contributed by atoms with E-state index in [1.54, 1.807) is 61.2 Å². The van der Waals surface area contributed by atoms with E-state index in [-0.39, 0.29) is 69.4 Å². The lowest BCUT2D eigenvalue weighted by molar-refractivity contribution is -0.160. The van der Waals surface area contributed by atoms with Crippen LogP contribution in [0.5, 0.6) is 0 Å². The van der Waals surface area contributed by atoms with Crippen molar-refractivity contribution in [2.45, 2.75) is 224 Å². The molecule has 7 rings (SSSR count). The normalized spacial score (nSPS) is 25.4. The average Bonchev–Trinajstić information content (AvgIpc) is 1.77. The number of amides is 12. The van der Waals surface area contributed by atoms with Gasteiger partial charge in [-0.05, 0) is 118 Å². The number of piperidine rings is 1. The highest BCUT2D eigenvalue weighted by molar-refractivity contribution is 6.31. The van der Waals surface area contributed by atoms with Crippen molar-refractivity contribution in [2.75, 3.05) is 75.5 Å². The summed E-state index contributed by atoms with van der Waals surface area (Å²) in [4.78, 5) is 194. The number of nitrogens with one attached hydrogen (secondary N) is 3. The fourth-order valence-corrected chi connectivity index (χ4v) is 15.3. The lowest BCUT2D eigenvalue weighted by atomic mass is 9.90. The Kier molecular flexibility index (Phi) is 30.0. The van der Waals surface area contributed by atoms with Gasteiger partial charge in [0.25, 0.3) is 0 Å². The first-order chi connectivity index (χ1) is 50.4. The number of carbonyl (C=O) groups excluding carboxylic acids is 12. The molecule has 3 aliphatic heterocycles. The van der Waals surface area contributed by atoms with E-state index in [0.717, 1.165) is 33.9 Å². The number of likely N-dealkylation sites (tertiary alicyclic amines) is 1. The molecule has 4 fully saturated rings. The standard InChI is InChI=1S/C79H112ClF3N12O12/c1-16-50(6)66-75(105)88(10)52(8)70(100)95-41-36-59(95)73(103)91(13)62(45-55-30-28-49(5)29-31-55)72(102)87(9)47-64(96)84-58(35-33-54-32-34-56(57(80)43-54)79(81,82)83)71(101)90(12)61(44-53-26-20-18-21-27-53)69(99)86-78(37-22-23-38-78)77(107)93(15)67(51(7)17-2)76(106)92(14)63(74(104)94-39-24-19-25-40-94)46-65(97)89(11)60(42-48(3)4)68(98)85-66/h18,20-21,26-32,34,43,48,50-52,58-63,66-67H,16-17,19,22-25,33,35-42,44-47H2,1-15H3,(H,84,96)(H,85,98)(H,86,99)/t50-,51-,52-,58-,59-,60-,61+,62-,63-,66-,67-/m0/s1. The summed E-state index contributed by atoms with van der Waals surface area (Å²) in [5, 5.41) is 8.15. The van der Waals surface area contributed by atoms with Crippen LogP contribution in [0, 0.1) is 24.7 Å². The maximum Gasteiger partial charge on any atom is 0.417 e. The van der Waals surface area contributed by atoms with Crippen molar-refractivity contribution >= 4 is 82.5 Å². The van der Waals surface area contributed by atoms with Crippen LogP contribution in [0.2, 0.25) is 5.02 Å². The molecule has 0 aromatic heterocycles. The van der Waals surface area contributed by atoms with Crippen molar-refractivity contribution in [1.82, 2.24) is 60.0 Å². The molecule has 11 atom stereocenters. The van der Waals surface area contributed by atoms with Crippen molar-refractivity contribution in [3.63, 3.8) is 0 Å². The van der Waals surface area contributed by atoms with E-state index in [4.69, 9.17) is 11.6 Å². The molecule has 3 N–H and O–H groups in total. The van der Waals surface area contributed by atoms with Crippen molar-refractivity contribution < 1.29 is 70.7 Å². The van der Waals surface area contributed by atoms with Crippen molar-refractivity contribution in [2.24, 2.45) is 17.8 Å². The van der Waals surface area contributed by atoms with Crippen LogP contribution < -0.4 is 16.0 Å². The molecular formula is C79H112ClF3N12O12. The molecule has 3 aromatic rings. The minimum atomic E-state index is -4.79. The Hall–Kier alpha value is -8.62. The molecule has 1 aliphatic carbocycles. The number of fused-ring (bicyclic) bond motifs is 1. The number of benzene rings is 3. The molecule has 12 amide bonds. The number of hydrogen-bond acceptors (Lipinski definition) is 12. The van der Waals surface area contributed by atoms with Crippen LogP contribution in [-0.2, 0) is 83.0 Å². The summed E-state index contributed by atoms with van der Waals surface area (Å²) in [7, 11) is 9.82. The van der Waals surface area contributed by atoms with Gasteiger partial charge in [-0.25, -0.2) is 0 Å². The summed E-state index contributed by atoms with van der Waals surface area (Å²) >= 11 is 6.21. The van der Waals surface area contributed by atoms with Crippen LogP contribution in [-0.4, -0.2) is 250 Å². The molecule has 3 aromatic carbocycles. The fourth-order valence-electron chi connectivity index (χ4n) is 14.9. The third kappa shape index (κ3) is 20.8. The van der Waals surface area contributed by atoms with Gasteiger partial charge in [-0.15, -0.1) is 0 Å². The van der Waals surface area contributed by atoms with E-state index in [2.05, 4.69) is 16.0 Å². The Balaban J connectivity index is 1.35. The molecule has 0 bridgehead atoms. The maximum absolute atomic E-state index is 15.8. The fraction of sp³-hybridized carbons (Fsp3) is 0.620. The summed E-state index contributed by atoms with van der Waals surface area (Å²) in [6, 6.07) is 7.28. The molecule has 3 saturated heterocycles. The number of hydrogen-bond donors (Lipinski definition) is 3. The third-order valence-electron chi connectivity index (χ3n) is 22.5. The molecule has 107 heavy (non-hydrogen) atoms. The average molecular weight is 1510 g/mol. The lowest BCUT2D eigenvalue weighted by Crippen LogP contribution is -2.65. The maximum atomic E-state index is 15.8. The number of likely N-dealkylation sites (N-methyl/N-ethyl adjacent to an activating group) is 7. The van der Waals surface area contributed by atoms with Crippen molar-refractivity contribution in [3.8, 4) is 0 Å². The summed E-state index contributed by atoms with van der Waals surface area (Å²) in [6.45, 7) is 14.4. The second-order valence-electron chi connectivity index (χ2n) is 30.5. The van der Waals surface area contributed by atoms with Gasteiger partial charge in [-0.2, -0.15) is 13.2 Å². The molecule has 1 spiro atoms. The van der Waals surface area contributed by atoms with Gasteiger partial charge in [0.15, 0.2) is 0 Å². The number of aryl methyl sites for hydroxylation is 2. The Morgan fingerprint density at radius 2 is 1.20 bits per heavy atom. The number of rotatable bonds is 14. The molecule has 0 unspecified atom stereocenters. The van der Waals surface area contributed by atoms with Gasteiger partial charge in [-0.1, -0.05) is 145 Å². The molecule has 588 valence electrons. The zero-order valence-electron chi connectivity index (χ0n) is 64.9. The number of alkyl halides is 3. The van der Waals surface area contributed by atoms with Crippen LogP contribution in [0.4, 0.5) is 13.2 Å². The van der Waals surface area contributed by atoms with Gasteiger partial charge in [-0.3, -0.25) is 57.5 Å². The highest BCUT2D eigenvalue weighted by Crippen LogP contribution is 2.37. The zero-order valence-corrected chi connectivity index (χ0v) is 65.7. The second-order valence-corrected chi connectivity index (χ2v) is 30.9. The molecule has 4 aliphatic rings. The highest BCUT2D eigenvalue weighted by atomic mass is 35.5. The smallest absolute Gasteiger partial charge is 0.343 e. The summed E-state index contributed by atoms with van der Waals surface area (Å²) in [5.41, 5.74) is -0.380. The number of carbonyl (C=O) groups is 12. The van der Waals surface area contributed by atoms with E-state index in [0.29, 0.717) is 62.7 Å². The lowest BCUT2D eigenvalue weighted by Gasteiger charge is -2.45. The SMILES string of the molecule is CC[C@H](C)[C@@H]1NC(=O)[C@H](CC(C)C)N(C)C(=O)C[C@@H](C(=O)N2CCCCC2)N(C)C(=O)[C@H]([C@@H](C)CC)N(C)C(=O)C2(CCCC2)NC(=O)[C@@H](Cc2ccccc2)N(C)C(=O)[C@H](CCc2ccc(C(F)(F)F)c(Cl)c2)NC(=O)CN(C)C(=O)[C@H](Cc2ccc(C)cc2)N(C)C(=O)[C@@H]2CCN2C(=O)[C@H](C)N(C)C1=O. The highest BCUT2D eigenvalue weighted by Gasteiger charge is 2.51. The predicted molar refractivity (Wildman–Crippen MR) is 399 cm³/mol. The minimum absolute atomic E-state index is 0.0607. The first-order valence-corrected chi connectivity index (χ1v) is 38.1. The topological polar surface area (TPSA) is 270 Å². The summed E-state index contributed by atoms with van der Waals surface area (Å²) in [6.07, 6.45) is -1.67. The van der Waals surface area contributed by atoms with Crippen LogP contribution in [0.15, 0.2) is 72.8 Å². The Morgan fingerprint density at radius 1 is 0.607 bits per heavy atom. The Labute approximate surface area is 633 Å². The first-order valence-electron chi connectivity index (χ1n) is 37.7. The van der Waals surface area contributed by atoms with E-state index in [9.17, 15) is 32.3 Å². The predicted octanol–water partition coefficient (Wildman–Crippen LogP) is 7.08. The van der Waals surface area contributed by atoms with Gasteiger partial charge < -0.3 is 60.0 Å². The van der Waals surface area contributed by atoms with E-state index in [1.807, 2.05) is 46.8 Å². The van der Waals surface area contributed by atoms with Gasteiger partial charge in [0.05, 0.1) is 23.6 Å². The Morgan fingerprint density at radius 3 is 1.77 bits per heavy atom. The van der Waals surface area contributed by atoms with E-state index in [1.165, 1.54) is 91.7 Å². The van der Waals surface area contributed by atoms with Gasteiger partial charge >= 0.3 is 6.18 Å². The van der Waals surface area contributed by atoms with Crippen molar-refractivity contribution in [3.05, 3.63) is 106 Å².